The van der Waals surface area contributed by atoms with Crippen molar-refractivity contribution in [3.8, 4) is 0 Å². The van der Waals surface area contributed by atoms with Crippen LogP contribution in [0.2, 0.25) is 0 Å². The van der Waals surface area contributed by atoms with Gasteiger partial charge < -0.3 is 14.7 Å². The summed E-state index contributed by atoms with van der Waals surface area (Å²) in [7, 11) is 0. The second kappa shape index (κ2) is 7.41. The van der Waals surface area contributed by atoms with Gasteiger partial charge >= 0.3 is 5.97 Å². The van der Waals surface area contributed by atoms with Gasteiger partial charge in [0.15, 0.2) is 0 Å². The van der Waals surface area contributed by atoms with E-state index in [1.807, 2.05) is 0 Å². The van der Waals surface area contributed by atoms with Gasteiger partial charge in [-0.05, 0) is 58.0 Å². The molecule has 0 aromatic carbocycles. The first-order valence-corrected chi connectivity index (χ1v) is 8.24. The van der Waals surface area contributed by atoms with Crippen LogP contribution in [0, 0.1) is 5.41 Å². The summed E-state index contributed by atoms with van der Waals surface area (Å²) in [6.45, 7) is 5.83. The zero-order valence-electron chi connectivity index (χ0n) is 12.8. The minimum atomic E-state index is -0.594. The molecule has 0 aromatic rings. The molecule has 0 spiro atoms. The van der Waals surface area contributed by atoms with E-state index in [1.165, 1.54) is 12.8 Å². The van der Waals surface area contributed by atoms with E-state index >= 15 is 0 Å². The number of ether oxygens (including phenoxy) is 1. The number of carbonyl (C=O) groups is 1. The molecule has 2 saturated heterocycles. The largest absolute Gasteiger partial charge is 0.481 e. The molecular formula is C16H29NO3. The minimum Gasteiger partial charge on any atom is -0.481 e. The summed E-state index contributed by atoms with van der Waals surface area (Å²) in [6, 6.07) is 0. The van der Waals surface area contributed by atoms with Crippen LogP contribution in [0.1, 0.15) is 58.3 Å². The molecule has 0 aliphatic carbocycles. The molecule has 0 radical (unpaired) electrons. The van der Waals surface area contributed by atoms with E-state index in [-0.39, 0.29) is 0 Å². The number of aliphatic carboxylic acids is 1. The number of hydrogen-bond donors (Lipinski definition) is 1. The Morgan fingerprint density at radius 1 is 1.45 bits per heavy atom. The predicted octanol–water partition coefficient (Wildman–Crippen LogP) is 2.91. The Morgan fingerprint density at radius 2 is 2.30 bits per heavy atom. The molecule has 1 N–H and O–H groups in total. The molecule has 2 aliphatic heterocycles. The Morgan fingerprint density at radius 3 is 2.95 bits per heavy atom. The third-order valence-corrected chi connectivity index (χ3v) is 4.86. The number of hydrogen-bond acceptors (Lipinski definition) is 3. The fourth-order valence-corrected chi connectivity index (χ4v) is 3.80. The molecule has 4 nitrogen and oxygen atoms in total. The number of carboxylic acid groups (broad SMARTS) is 1. The van der Waals surface area contributed by atoms with Crippen molar-refractivity contribution < 1.29 is 14.6 Å². The maximum Gasteiger partial charge on any atom is 0.310 e. The van der Waals surface area contributed by atoms with Gasteiger partial charge in [0.1, 0.15) is 0 Å². The Balaban J connectivity index is 1.78. The van der Waals surface area contributed by atoms with Gasteiger partial charge in [-0.3, -0.25) is 4.79 Å². The second-order valence-electron chi connectivity index (χ2n) is 6.49. The van der Waals surface area contributed by atoms with Crippen LogP contribution in [0.5, 0.6) is 0 Å². The summed E-state index contributed by atoms with van der Waals surface area (Å²) in [4.78, 5) is 14.0. The van der Waals surface area contributed by atoms with Crippen LogP contribution < -0.4 is 0 Å². The van der Waals surface area contributed by atoms with E-state index in [9.17, 15) is 9.90 Å². The highest BCUT2D eigenvalue weighted by Crippen LogP contribution is 2.35. The third-order valence-electron chi connectivity index (χ3n) is 4.86. The van der Waals surface area contributed by atoms with E-state index in [1.54, 1.807) is 0 Å². The molecule has 4 heteroatoms. The van der Waals surface area contributed by atoms with Crippen molar-refractivity contribution in [2.45, 2.75) is 64.4 Å². The lowest BCUT2D eigenvalue weighted by molar-refractivity contribution is -0.153. The van der Waals surface area contributed by atoms with Crippen molar-refractivity contribution in [1.29, 1.82) is 0 Å². The predicted molar refractivity (Wildman–Crippen MR) is 78.9 cm³/mol. The van der Waals surface area contributed by atoms with Gasteiger partial charge in [0.25, 0.3) is 0 Å². The number of carboxylic acids is 1. The van der Waals surface area contributed by atoms with E-state index in [0.717, 1.165) is 64.8 Å². The molecule has 2 unspecified atom stereocenters. The van der Waals surface area contributed by atoms with Crippen LogP contribution >= 0.6 is 0 Å². The molecule has 2 aliphatic rings. The fraction of sp³-hybridized carbons (Fsp3) is 0.938. The molecule has 2 rings (SSSR count). The summed E-state index contributed by atoms with van der Waals surface area (Å²) < 4.78 is 5.65. The van der Waals surface area contributed by atoms with E-state index in [2.05, 4.69) is 11.8 Å². The molecule has 2 fully saturated rings. The number of likely N-dealkylation sites (tertiary alicyclic amines) is 1. The lowest BCUT2D eigenvalue weighted by atomic mass is 9.76. The fourth-order valence-electron chi connectivity index (χ4n) is 3.80. The average molecular weight is 283 g/mol. The SMILES string of the molecule is CCCC1(C(=O)O)CCCN(CCCC2CCCO2)C1. The van der Waals surface area contributed by atoms with Crippen molar-refractivity contribution in [3.05, 3.63) is 0 Å². The Hall–Kier alpha value is -0.610. The summed E-state index contributed by atoms with van der Waals surface area (Å²) in [5, 5.41) is 9.59. The maximum atomic E-state index is 11.6. The summed E-state index contributed by atoms with van der Waals surface area (Å²) in [5.74, 6) is -0.594. The molecule has 2 heterocycles. The van der Waals surface area contributed by atoms with E-state index < -0.39 is 11.4 Å². The Kier molecular flexibility index (Phi) is 5.85. The summed E-state index contributed by atoms with van der Waals surface area (Å²) in [6.07, 6.45) is 8.75. The molecule has 2 atom stereocenters. The standard InChI is InChI=1S/C16H29NO3/c1-2-8-16(15(18)19)9-5-11-17(13-16)10-3-6-14-7-4-12-20-14/h14H,2-13H2,1H3,(H,18,19). The van der Waals surface area contributed by atoms with Crippen molar-refractivity contribution in [1.82, 2.24) is 4.90 Å². The van der Waals surface area contributed by atoms with E-state index in [4.69, 9.17) is 4.74 Å². The first-order chi connectivity index (χ1) is 9.66. The molecule has 0 saturated carbocycles. The lowest BCUT2D eigenvalue weighted by Crippen LogP contribution is -2.48. The lowest BCUT2D eigenvalue weighted by Gasteiger charge is -2.40. The normalized spacial score (nSPS) is 31.6. The van der Waals surface area contributed by atoms with Crippen molar-refractivity contribution in [2.75, 3.05) is 26.2 Å². The maximum absolute atomic E-state index is 11.6. The third kappa shape index (κ3) is 3.95. The van der Waals surface area contributed by atoms with Gasteiger partial charge in [-0.2, -0.15) is 0 Å². The van der Waals surface area contributed by atoms with Crippen LogP contribution in [0.3, 0.4) is 0 Å². The highest BCUT2D eigenvalue weighted by atomic mass is 16.5. The van der Waals surface area contributed by atoms with Gasteiger partial charge in [-0.15, -0.1) is 0 Å². The van der Waals surface area contributed by atoms with Crippen molar-refractivity contribution in [2.24, 2.45) is 5.41 Å². The van der Waals surface area contributed by atoms with Crippen LogP contribution in [0.4, 0.5) is 0 Å². The van der Waals surface area contributed by atoms with Crippen LogP contribution in [-0.4, -0.2) is 48.3 Å². The number of rotatable bonds is 7. The van der Waals surface area contributed by atoms with Crippen molar-refractivity contribution >= 4 is 5.97 Å². The first-order valence-electron chi connectivity index (χ1n) is 8.24. The smallest absolute Gasteiger partial charge is 0.310 e. The van der Waals surface area contributed by atoms with Crippen molar-refractivity contribution in [3.63, 3.8) is 0 Å². The van der Waals surface area contributed by atoms with Gasteiger partial charge in [-0.1, -0.05) is 13.3 Å². The zero-order chi connectivity index (χ0) is 14.4. The molecular weight excluding hydrogens is 254 g/mol. The molecule has 20 heavy (non-hydrogen) atoms. The van der Waals surface area contributed by atoms with Crippen LogP contribution in [-0.2, 0) is 9.53 Å². The summed E-state index contributed by atoms with van der Waals surface area (Å²) >= 11 is 0. The quantitative estimate of drug-likeness (QED) is 0.780. The monoisotopic (exact) mass is 283 g/mol. The Labute approximate surface area is 122 Å². The first kappa shape index (κ1) is 15.8. The zero-order valence-corrected chi connectivity index (χ0v) is 12.8. The number of piperidine rings is 1. The molecule has 116 valence electrons. The summed E-state index contributed by atoms with van der Waals surface area (Å²) in [5.41, 5.74) is -0.489. The highest BCUT2D eigenvalue weighted by Gasteiger charge is 2.41. The topological polar surface area (TPSA) is 49.8 Å². The average Bonchev–Trinajstić information content (AvgIpc) is 2.92. The van der Waals surface area contributed by atoms with Gasteiger partial charge in [-0.25, -0.2) is 0 Å². The molecule has 0 aromatic heterocycles. The van der Waals surface area contributed by atoms with Crippen LogP contribution in [0.25, 0.3) is 0 Å². The Bertz CT molecular complexity index is 311. The molecule has 0 bridgehead atoms. The van der Waals surface area contributed by atoms with Gasteiger partial charge in [0, 0.05) is 13.2 Å². The minimum absolute atomic E-state index is 0.458. The highest BCUT2D eigenvalue weighted by molar-refractivity contribution is 5.75. The molecule has 0 amide bonds. The van der Waals surface area contributed by atoms with Gasteiger partial charge in [0.05, 0.1) is 11.5 Å². The number of nitrogens with zero attached hydrogens (tertiary/aromatic N) is 1. The van der Waals surface area contributed by atoms with Crippen LogP contribution in [0.15, 0.2) is 0 Å². The van der Waals surface area contributed by atoms with Gasteiger partial charge in [0.2, 0.25) is 0 Å². The second-order valence-corrected chi connectivity index (χ2v) is 6.49. The van der Waals surface area contributed by atoms with E-state index in [0.29, 0.717) is 6.10 Å².